The fourth-order valence-electron chi connectivity index (χ4n) is 3.52. The van der Waals surface area contributed by atoms with Crippen molar-refractivity contribution >= 4 is 5.91 Å². The van der Waals surface area contributed by atoms with Gasteiger partial charge >= 0.3 is 0 Å². The summed E-state index contributed by atoms with van der Waals surface area (Å²) in [5, 5.41) is 12.5. The molecule has 0 saturated carbocycles. The van der Waals surface area contributed by atoms with E-state index in [2.05, 4.69) is 10.3 Å². The maximum absolute atomic E-state index is 13.8. The summed E-state index contributed by atoms with van der Waals surface area (Å²) in [6.07, 6.45) is 3.59. The van der Waals surface area contributed by atoms with Crippen LogP contribution in [-0.2, 0) is 13.0 Å². The number of hydrogen-bond acceptors (Lipinski definition) is 3. The van der Waals surface area contributed by atoms with Gasteiger partial charge in [-0.25, -0.2) is 13.8 Å². The molecule has 0 unspecified atom stereocenters. The number of carbonyl (C=O) groups excluding carboxylic acids is 1. The van der Waals surface area contributed by atoms with E-state index in [1.807, 2.05) is 25.3 Å². The minimum absolute atomic E-state index is 0.179. The molecule has 1 aliphatic heterocycles. The number of halogens is 2. The fraction of sp³-hybridized carbons (Fsp3) is 0.524. The molecule has 0 bridgehead atoms. The second-order valence-electron chi connectivity index (χ2n) is 8.40. The zero-order chi connectivity index (χ0) is 20.5. The van der Waals surface area contributed by atoms with Crippen LogP contribution in [0.5, 0.6) is 0 Å². The van der Waals surface area contributed by atoms with Gasteiger partial charge < -0.3 is 15.0 Å². The highest BCUT2D eigenvalue weighted by atomic mass is 19.2. The maximum Gasteiger partial charge on any atom is 0.272 e. The number of hydrogen-bond donors (Lipinski definition) is 2. The van der Waals surface area contributed by atoms with Crippen molar-refractivity contribution in [2.45, 2.75) is 59.0 Å². The molecule has 2 aromatic rings. The third-order valence-electron chi connectivity index (χ3n) is 5.29. The van der Waals surface area contributed by atoms with Crippen LogP contribution in [0.15, 0.2) is 18.2 Å². The quantitative estimate of drug-likeness (QED) is 0.835. The molecule has 0 radical (unpaired) electrons. The van der Waals surface area contributed by atoms with Crippen LogP contribution in [0.3, 0.4) is 0 Å². The van der Waals surface area contributed by atoms with Crippen LogP contribution in [-0.4, -0.2) is 33.2 Å². The third kappa shape index (κ3) is 4.09. The monoisotopic (exact) mass is 391 g/mol. The van der Waals surface area contributed by atoms with Crippen molar-refractivity contribution in [1.29, 1.82) is 0 Å². The number of carbonyl (C=O) groups is 1. The predicted octanol–water partition coefficient (Wildman–Crippen LogP) is 3.69. The molecule has 1 aromatic heterocycles. The molecular formula is C21H27F2N3O2. The first-order valence-electron chi connectivity index (χ1n) is 9.69. The van der Waals surface area contributed by atoms with Gasteiger partial charge in [-0.05, 0) is 42.9 Å². The summed E-state index contributed by atoms with van der Waals surface area (Å²) in [6.45, 7) is 6.31. The Morgan fingerprint density at radius 1 is 1.25 bits per heavy atom. The van der Waals surface area contributed by atoms with Gasteiger partial charge in [-0.1, -0.05) is 27.2 Å². The van der Waals surface area contributed by atoms with Crippen LogP contribution in [0.1, 0.15) is 56.2 Å². The molecule has 0 spiro atoms. The summed E-state index contributed by atoms with van der Waals surface area (Å²) < 4.78 is 29.1. The highest BCUT2D eigenvalue weighted by Gasteiger charge is 2.30. The lowest BCUT2D eigenvalue weighted by atomic mass is 9.87. The average molecular weight is 391 g/mol. The van der Waals surface area contributed by atoms with Gasteiger partial charge in [0, 0.05) is 12.1 Å². The summed E-state index contributed by atoms with van der Waals surface area (Å²) in [6, 6.07) is 3.24. The van der Waals surface area contributed by atoms with Crippen molar-refractivity contribution < 1.29 is 18.7 Å². The number of rotatable bonds is 4. The molecule has 7 heteroatoms. The van der Waals surface area contributed by atoms with E-state index in [-0.39, 0.29) is 17.9 Å². The molecule has 5 nitrogen and oxygen atoms in total. The lowest BCUT2D eigenvalue weighted by molar-refractivity contribution is 0.0842. The van der Waals surface area contributed by atoms with Gasteiger partial charge in [0.15, 0.2) is 11.6 Å². The van der Waals surface area contributed by atoms with Crippen molar-refractivity contribution in [2.24, 2.45) is 5.41 Å². The van der Waals surface area contributed by atoms with Crippen molar-refractivity contribution in [3.63, 3.8) is 0 Å². The highest BCUT2D eigenvalue weighted by molar-refractivity contribution is 5.94. The average Bonchev–Trinajstić information content (AvgIpc) is 2.82. The van der Waals surface area contributed by atoms with E-state index in [0.717, 1.165) is 37.1 Å². The lowest BCUT2D eigenvalue weighted by Crippen LogP contribution is -2.46. The molecule has 28 heavy (non-hydrogen) atoms. The van der Waals surface area contributed by atoms with Gasteiger partial charge in [-0.2, -0.15) is 0 Å². The molecule has 152 valence electrons. The topological polar surface area (TPSA) is 67.2 Å². The first-order chi connectivity index (χ1) is 13.2. The van der Waals surface area contributed by atoms with Gasteiger partial charge in [-0.15, -0.1) is 0 Å². The summed E-state index contributed by atoms with van der Waals surface area (Å²) in [5.74, 6) is -1.74. The van der Waals surface area contributed by atoms with E-state index in [4.69, 9.17) is 0 Å². The molecule has 2 N–H and O–H groups in total. The molecule has 3 rings (SSSR count). The predicted molar refractivity (Wildman–Crippen MR) is 103 cm³/mol. The van der Waals surface area contributed by atoms with Crippen LogP contribution in [0.4, 0.5) is 8.78 Å². The minimum Gasteiger partial charge on any atom is -0.394 e. The number of amides is 1. The number of aliphatic hydroxyl groups is 1. The Hall–Kier alpha value is -2.28. The van der Waals surface area contributed by atoms with Crippen molar-refractivity contribution in [1.82, 2.24) is 14.9 Å². The maximum atomic E-state index is 13.8. The normalized spacial score (nSPS) is 15.6. The first kappa shape index (κ1) is 20.5. The van der Waals surface area contributed by atoms with Crippen LogP contribution >= 0.6 is 0 Å². The fourth-order valence-corrected chi connectivity index (χ4v) is 3.52. The van der Waals surface area contributed by atoms with E-state index in [1.165, 1.54) is 6.07 Å². The first-order valence-corrected chi connectivity index (χ1v) is 9.69. The zero-order valence-electron chi connectivity index (χ0n) is 16.6. The van der Waals surface area contributed by atoms with Crippen LogP contribution in [0.2, 0.25) is 0 Å². The van der Waals surface area contributed by atoms with Crippen molar-refractivity contribution in [2.75, 3.05) is 6.61 Å². The standard InChI is InChI=1S/C21H27F2N3O2/c1-21(2,3)17(12-27)24-20(28)18-16-7-5-4-6-10-26(16)19(25-18)13-8-9-14(22)15(23)11-13/h8-9,11,17,27H,4-7,10,12H2,1-3H3,(H,24,28)/t17-/m1/s1. The molecule has 0 fully saturated rings. The molecule has 1 atom stereocenters. The Morgan fingerprint density at radius 2 is 2.00 bits per heavy atom. The van der Waals surface area contributed by atoms with Gasteiger partial charge in [-0.3, -0.25) is 4.79 Å². The Morgan fingerprint density at radius 3 is 2.64 bits per heavy atom. The summed E-state index contributed by atoms with van der Waals surface area (Å²) >= 11 is 0. The molecule has 2 heterocycles. The van der Waals surface area contributed by atoms with Gasteiger partial charge in [0.25, 0.3) is 5.91 Å². The molecular weight excluding hydrogens is 364 g/mol. The van der Waals surface area contributed by atoms with E-state index in [0.29, 0.717) is 30.0 Å². The van der Waals surface area contributed by atoms with Crippen molar-refractivity contribution in [3.8, 4) is 11.4 Å². The molecule has 0 aliphatic carbocycles. The largest absolute Gasteiger partial charge is 0.394 e. The van der Waals surface area contributed by atoms with Gasteiger partial charge in [0.1, 0.15) is 11.5 Å². The minimum atomic E-state index is -0.942. The van der Waals surface area contributed by atoms with Gasteiger partial charge in [0.2, 0.25) is 0 Å². The number of benzene rings is 1. The molecule has 0 saturated heterocycles. The Bertz CT molecular complexity index is 871. The van der Waals surface area contributed by atoms with Gasteiger partial charge in [0.05, 0.1) is 18.3 Å². The van der Waals surface area contributed by atoms with Crippen LogP contribution in [0, 0.1) is 17.0 Å². The molecule has 1 aromatic carbocycles. The SMILES string of the molecule is CC(C)(C)[C@@H](CO)NC(=O)c1nc(-c2ccc(F)c(F)c2)n2c1CCCCC2. The Balaban J connectivity index is 2.03. The molecule has 1 aliphatic rings. The third-order valence-corrected chi connectivity index (χ3v) is 5.29. The molecule has 1 amide bonds. The second-order valence-corrected chi connectivity index (χ2v) is 8.40. The smallest absolute Gasteiger partial charge is 0.272 e. The zero-order valence-corrected chi connectivity index (χ0v) is 16.6. The lowest BCUT2D eigenvalue weighted by Gasteiger charge is -2.29. The Kier molecular flexibility index (Phi) is 5.84. The summed E-state index contributed by atoms with van der Waals surface area (Å²) in [7, 11) is 0. The number of nitrogens with zero attached hydrogens (tertiary/aromatic N) is 2. The van der Waals surface area contributed by atoms with Crippen molar-refractivity contribution in [3.05, 3.63) is 41.2 Å². The number of aromatic nitrogens is 2. The van der Waals surface area contributed by atoms with E-state index < -0.39 is 17.7 Å². The number of nitrogens with one attached hydrogen (secondary N) is 1. The number of imidazole rings is 1. The summed E-state index contributed by atoms with van der Waals surface area (Å²) in [4.78, 5) is 17.5. The highest BCUT2D eigenvalue weighted by Crippen LogP contribution is 2.28. The van der Waals surface area contributed by atoms with Crippen LogP contribution in [0.25, 0.3) is 11.4 Å². The van der Waals surface area contributed by atoms with E-state index in [9.17, 15) is 18.7 Å². The number of fused-ring (bicyclic) bond motifs is 1. The van der Waals surface area contributed by atoms with E-state index in [1.54, 1.807) is 0 Å². The second kappa shape index (κ2) is 7.99. The number of aliphatic hydroxyl groups excluding tert-OH is 1. The Labute approximate surface area is 163 Å². The summed E-state index contributed by atoms with van der Waals surface area (Å²) in [5.41, 5.74) is 1.23. The van der Waals surface area contributed by atoms with E-state index >= 15 is 0 Å². The van der Waals surface area contributed by atoms with Crippen LogP contribution < -0.4 is 5.32 Å².